The zero-order valence-electron chi connectivity index (χ0n) is 18.3. The predicted molar refractivity (Wildman–Crippen MR) is 124 cm³/mol. The Balaban J connectivity index is 1.16. The minimum absolute atomic E-state index is 0.175. The fourth-order valence-electron chi connectivity index (χ4n) is 5.93. The number of fused-ring (bicyclic) bond motifs is 3. The zero-order valence-corrected chi connectivity index (χ0v) is 19.1. The highest BCUT2D eigenvalue weighted by molar-refractivity contribution is 6.30. The molecule has 2 saturated carbocycles. The maximum Gasteiger partial charge on any atom is 0.226 e. The van der Waals surface area contributed by atoms with Crippen LogP contribution in [0.5, 0.6) is 0 Å². The fourth-order valence-corrected chi connectivity index (χ4v) is 6.12. The molecule has 4 heterocycles. The third-order valence-corrected chi connectivity index (χ3v) is 7.95. The molecule has 3 fully saturated rings. The Hall–Kier alpha value is -2.93. The molecule has 3 aromatic rings. The van der Waals surface area contributed by atoms with Crippen molar-refractivity contribution in [2.75, 3.05) is 18.0 Å². The first kappa shape index (κ1) is 19.5. The summed E-state index contributed by atoms with van der Waals surface area (Å²) in [6, 6.07) is 12.0. The van der Waals surface area contributed by atoms with E-state index < -0.39 is 0 Å². The lowest BCUT2D eigenvalue weighted by molar-refractivity contribution is -0.133. The predicted octanol–water partition coefficient (Wildman–Crippen LogP) is 3.95. The summed E-state index contributed by atoms with van der Waals surface area (Å²) in [5.41, 5.74) is 2.48. The van der Waals surface area contributed by atoms with Crippen molar-refractivity contribution < 1.29 is 4.79 Å². The Morgan fingerprint density at radius 3 is 2.67 bits per heavy atom. The van der Waals surface area contributed by atoms with Crippen molar-refractivity contribution in [2.45, 2.75) is 44.7 Å². The highest BCUT2D eigenvalue weighted by Gasteiger charge is 2.54. The molecule has 1 spiro atoms. The average molecular weight is 461 g/mol. The van der Waals surface area contributed by atoms with Gasteiger partial charge in [-0.05, 0) is 61.6 Å². The smallest absolute Gasteiger partial charge is 0.226 e. The van der Waals surface area contributed by atoms with Crippen LogP contribution in [0.15, 0.2) is 42.6 Å². The van der Waals surface area contributed by atoms with Crippen LogP contribution >= 0.6 is 11.6 Å². The van der Waals surface area contributed by atoms with E-state index in [2.05, 4.69) is 36.8 Å². The molecule has 0 unspecified atom stereocenters. The van der Waals surface area contributed by atoms with Gasteiger partial charge in [-0.2, -0.15) is 0 Å². The van der Waals surface area contributed by atoms with Gasteiger partial charge in [0.1, 0.15) is 11.6 Å². The normalized spacial score (nSPS) is 21.1. The van der Waals surface area contributed by atoms with Gasteiger partial charge < -0.3 is 9.80 Å². The summed E-state index contributed by atoms with van der Waals surface area (Å²) in [4.78, 5) is 21.7. The highest BCUT2D eigenvalue weighted by atomic mass is 35.5. The van der Waals surface area contributed by atoms with Gasteiger partial charge in [0.25, 0.3) is 0 Å². The second-order valence-corrected chi connectivity index (χ2v) is 10.6. The summed E-state index contributed by atoms with van der Waals surface area (Å²) in [7, 11) is 0. The minimum atomic E-state index is 0.175. The standard InChI is InChI=1S/C25H25ClN6O/c26-19-6-7-20-17(9-19)12-30(24(33)16-4-5-16)13-22-28-29-23(32(20)22)18-10-25(11-18)14-31(15-25)21-3-1-2-8-27-21/h1-3,6-9,16,18H,4-5,10-15H2. The Kier molecular flexibility index (Phi) is 4.16. The lowest BCUT2D eigenvalue weighted by Crippen LogP contribution is -2.62. The first-order valence-electron chi connectivity index (χ1n) is 11.8. The van der Waals surface area contributed by atoms with Crippen LogP contribution in [0.4, 0.5) is 5.82 Å². The summed E-state index contributed by atoms with van der Waals surface area (Å²) in [6.45, 7) is 3.18. The number of rotatable bonds is 3. The maximum atomic E-state index is 12.9. The average Bonchev–Trinajstić information content (AvgIpc) is 3.56. The second-order valence-electron chi connectivity index (χ2n) is 10.2. The van der Waals surface area contributed by atoms with Crippen LogP contribution in [0, 0.1) is 11.3 Å². The molecule has 2 aromatic heterocycles. The van der Waals surface area contributed by atoms with Crippen LogP contribution < -0.4 is 4.90 Å². The van der Waals surface area contributed by atoms with Gasteiger partial charge in [-0.3, -0.25) is 9.36 Å². The van der Waals surface area contributed by atoms with E-state index >= 15 is 0 Å². The molecular weight excluding hydrogens is 436 g/mol. The molecule has 1 aromatic carbocycles. The van der Waals surface area contributed by atoms with E-state index in [9.17, 15) is 4.79 Å². The van der Waals surface area contributed by atoms with Crippen LogP contribution in [0.1, 0.15) is 48.8 Å². The Morgan fingerprint density at radius 1 is 1.06 bits per heavy atom. The van der Waals surface area contributed by atoms with E-state index in [1.165, 1.54) is 0 Å². The number of pyridine rings is 1. The van der Waals surface area contributed by atoms with Crippen molar-refractivity contribution in [3.05, 3.63) is 64.8 Å². The maximum absolute atomic E-state index is 12.9. The van der Waals surface area contributed by atoms with Crippen molar-refractivity contribution in [1.82, 2.24) is 24.6 Å². The molecule has 0 atom stereocenters. The lowest BCUT2D eigenvalue weighted by Gasteiger charge is -2.59. The van der Waals surface area contributed by atoms with Crippen LogP contribution in [0.3, 0.4) is 0 Å². The highest BCUT2D eigenvalue weighted by Crippen LogP contribution is 2.56. The number of hydrogen-bond donors (Lipinski definition) is 0. The molecule has 7 nitrogen and oxygen atoms in total. The monoisotopic (exact) mass is 460 g/mol. The fraction of sp³-hybridized carbons (Fsp3) is 0.440. The van der Waals surface area contributed by atoms with Gasteiger partial charge in [0.15, 0.2) is 5.82 Å². The number of benzene rings is 1. The van der Waals surface area contributed by atoms with Gasteiger partial charge in [-0.1, -0.05) is 17.7 Å². The van der Waals surface area contributed by atoms with Gasteiger partial charge in [0.05, 0.1) is 12.2 Å². The second kappa shape index (κ2) is 7.03. The number of carbonyl (C=O) groups excluding carboxylic acids is 1. The summed E-state index contributed by atoms with van der Waals surface area (Å²) in [5, 5.41) is 9.92. The van der Waals surface area contributed by atoms with E-state index in [0.29, 0.717) is 29.4 Å². The van der Waals surface area contributed by atoms with Gasteiger partial charge >= 0.3 is 0 Å². The molecule has 1 saturated heterocycles. The molecule has 7 rings (SSSR count). The summed E-state index contributed by atoms with van der Waals surface area (Å²) >= 11 is 6.35. The first-order valence-corrected chi connectivity index (χ1v) is 12.1. The number of aromatic nitrogens is 4. The molecule has 1 amide bonds. The van der Waals surface area contributed by atoms with Crippen LogP contribution in [0.25, 0.3) is 5.69 Å². The summed E-state index contributed by atoms with van der Waals surface area (Å²) in [6.07, 6.45) is 6.07. The first-order chi connectivity index (χ1) is 16.1. The number of halogens is 1. The number of nitrogens with zero attached hydrogens (tertiary/aromatic N) is 6. The Bertz CT molecular complexity index is 1240. The van der Waals surface area contributed by atoms with Crippen molar-refractivity contribution >= 4 is 23.3 Å². The summed E-state index contributed by atoms with van der Waals surface area (Å²) < 4.78 is 2.21. The molecule has 33 heavy (non-hydrogen) atoms. The van der Waals surface area contributed by atoms with Crippen molar-refractivity contribution in [1.29, 1.82) is 0 Å². The number of amides is 1. The van der Waals surface area contributed by atoms with Gasteiger partial charge in [-0.25, -0.2) is 4.98 Å². The van der Waals surface area contributed by atoms with E-state index in [1.54, 1.807) is 0 Å². The molecular formula is C25H25ClN6O. The molecule has 2 aliphatic heterocycles. The van der Waals surface area contributed by atoms with Crippen molar-refractivity contribution in [3.8, 4) is 5.69 Å². The zero-order chi connectivity index (χ0) is 22.2. The Labute approximate surface area is 197 Å². The molecule has 8 heteroatoms. The van der Waals surface area contributed by atoms with Crippen LogP contribution in [-0.2, 0) is 17.9 Å². The molecule has 168 valence electrons. The quantitative estimate of drug-likeness (QED) is 0.592. The SMILES string of the molecule is O=C(C1CC1)N1Cc2cc(Cl)ccc2-n2c(nnc2C2CC3(C2)CN(c2ccccn2)C3)C1. The van der Waals surface area contributed by atoms with E-state index in [4.69, 9.17) is 11.6 Å². The minimum Gasteiger partial charge on any atom is -0.355 e. The van der Waals surface area contributed by atoms with E-state index in [1.807, 2.05) is 35.4 Å². The molecule has 0 N–H and O–H groups in total. The van der Waals surface area contributed by atoms with Crippen LogP contribution in [0.2, 0.25) is 5.02 Å². The lowest BCUT2D eigenvalue weighted by atomic mass is 9.57. The number of anilines is 1. The van der Waals surface area contributed by atoms with Gasteiger partial charge in [-0.15, -0.1) is 10.2 Å². The third-order valence-electron chi connectivity index (χ3n) is 7.72. The van der Waals surface area contributed by atoms with Crippen molar-refractivity contribution in [2.24, 2.45) is 11.3 Å². The van der Waals surface area contributed by atoms with E-state index in [-0.39, 0.29) is 11.8 Å². The number of carbonyl (C=O) groups is 1. The molecule has 4 aliphatic rings. The number of hydrogen-bond acceptors (Lipinski definition) is 5. The van der Waals surface area contributed by atoms with Gasteiger partial charge in [0, 0.05) is 48.1 Å². The molecule has 2 aliphatic carbocycles. The third kappa shape index (κ3) is 3.16. The topological polar surface area (TPSA) is 67.2 Å². The molecule has 0 bridgehead atoms. The molecule has 0 radical (unpaired) electrons. The van der Waals surface area contributed by atoms with Crippen LogP contribution in [-0.4, -0.2) is 43.6 Å². The summed E-state index contributed by atoms with van der Waals surface area (Å²) in [5.74, 6) is 3.72. The van der Waals surface area contributed by atoms with Crippen molar-refractivity contribution in [3.63, 3.8) is 0 Å². The van der Waals surface area contributed by atoms with Gasteiger partial charge in [0.2, 0.25) is 5.91 Å². The Morgan fingerprint density at radius 2 is 1.91 bits per heavy atom. The largest absolute Gasteiger partial charge is 0.355 e. The van der Waals surface area contributed by atoms with E-state index in [0.717, 1.165) is 67.5 Å².